The molecule has 1 aliphatic rings. The highest BCUT2D eigenvalue weighted by atomic mass is 16.2. The van der Waals surface area contributed by atoms with E-state index in [1.807, 2.05) is 30.0 Å². The van der Waals surface area contributed by atoms with E-state index in [9.17, 15) is 4.79 Å². The molecule has 0 bridgehead atoms. The minimum Gasteiger partial charge on any atom is -0.330 e. The van der Waals surface area contributed by atoms with E-state index in [4.69, 9.17) is 0 Å². The van der Waals surface area contributed by atoms with E-state index in [0.717, 1.165) is 25.0 Å². The summed E-state index contributed by atoms with van der Waals surface area (Å²) < 4.78 is 0. The van der Waals surface area contributed by atoms with Gasteiger partial charge in [-0.15, -0.1) is 0 Å². The molecule has 1 amide bonds. The van der Waals surface area contributed by atoms with Crippen LogP contribution >= 0.6 is 0 Å². The SMILES string of the molecule is CCCC(C)=CC1=C(C)C(=O)N(Cc2ccccc2)C1. The van der Waals surface area contributed by atoms with Gasteiger partial charge in [0.1, 0.15) is 0 Å². The van der Waals surface area contributed by atoms with Crippen LogP contribution in [0.4, 0.5) is 0 Å². The molecule has 2 rings (SSSR count). The number of carbonyl (C=O) groups excluding carboxylic acids is 1. The first kappa shape index (κ1) is 14.6. The summed E-state index contributed by atoms with van der Waals surface area (Å²) in [6.07, 6.45) is 4.45. The standard InChI is InChI=1S/C18H23NO/c1-4-8-14(2)11-17-13-19(18(20)15(17)3)12-16-9-6-5-7-10-16/h5-7,9-11H,4,8,12-13H2,1-3H3. The maximum Gasteiger partial charge on any atom is 0.250 e. The predicted octanol–water partition coefficient (Wildman–Crippen LogP) is 4.09. The van der Waals surface area contributed by atoms with E-state index in [0.29, 0.717) is 6.54 Å². The van der Waals surface area contributed by atoms with Crippen molar-refractivity contribution in [3.8, 4) is 0 Å². The van der Waals surface area contributed by atoms with Crippen molar-refractivity contribution in [1.29, 1.82) is 0 Å². The maximum absolute atomic E-state index is 12.3. The highest BCUT2D eigenvalue weighted by Crippen LogP contribution is 2.23. The highest BCUT2D eigenvalue weighted by Gasteiger charge is 2.25. The lowest BCUT2D eigenvalue weighted by Crippen LogP contribution is -2.26. The summed E-state index contributed by atoms with van der Waals surface area (Å²) in [5.41, 5.74) is 4.62. The first-order valence-corrected chi connectivity index (χ1v) is 7.32. The topological polar surface area (TPSA) is 20.3 Å². The zero-order valence-electron chi connectivity index (χ0n) is 12.6. The molecule has 0 saturated carbocycles. The third-order valence-corrected chi connectivity index (χ3v) is 3.73. The molecule has 0 aliphatic carbocycles. The lowest BCUT2D eigenvalue weighted by molar-refractivity contribution is -0.125. The van der Waals surface area contributed by atoms with Crippen molar-refractivity contribution in [1.82, 2.24) is 4.90 Å². The quantitative estimate of drug-likeness (QED) is 0.788. The molecule has 0 saturated heterocycles. The number of carbonyl (C=O) groups is 1. The fraction of sp³-hybridized carbons (Fsp3) is 0.389. The van der Waals surface area contributed by atoms with Crippen molar-refractivity contribution < 1.29 is 4.79 Å². The van der Waals surface area contributed by atoms with Crippen LogP contribution in [0.2, 0.25) is 0 Å². The Morgan fingerprint density at radius 2 is 2.00 bits per heavy atom. The first-order valence-electron chi connectivity index (χ1n) is 7.32. The van der Waals surface area contributed by atoms with Crippen LogP contribution in [-0.2, 0) is 11.3 Å². The van der Waals surface area contributed by atoms with Gasteiger partial charge in [0.15, 0.2) is 0 Å². The maximum atomic E-state index is 12.3. The van der Waals surface area contributed by atoms with E-state index in [2.05, 4.69) is 32.1 Å². The van der Waals surface area contributed by atoms with Crippen molar-refractivity contribution in [2.24, 2.45) is 0 Å². The molecule has 106 valence electrons. The molecule has 20 heavy (non-hydrogen) atoms. The summed E-state index contributed by atoms with van der Waals surface area (Å²) in [5.74, 6) is 0.171. The summed E-state index contributed by atoms with van der Waals surface area (Å²) in [6.45, 7) is 7.70. The fourth-order valence-electron chi connectivity index (χ4n) is 2.62. The van der Waals surface area contributed by atoms with Gasteiger partial charge in [-0.1, -0.05) is 55.3 Å². The Balaban J connectivity index is 2.08. The van der Waals surface area contributed by atoms with Crippen LogP contribution in [0.15, 0.2) is 53.1 Å². The van der Waals surface area contributed by atoms with Gasteiger partial charge < -0.3 is 4.90 Å². The van der Waals surface area contributed by atoms with Crippen LogP contribution in [0.25, 0.3) is 0 Å². The van der Waals surface area contributed by atoms with E-state index >= 15 is 0 Å². The van der Waals surface area contributed by atoms with Crippen molar-refractivity contribution in [2.75, 3.05) is 6.54 Å². The number of nitrogens with zero attached hydrogens (tertiary/aromatic N) is 1. The van der Waals surface area contributed by atoms with Crippen LogP contribution in [0, 0.1) is 0 Å². The van der Waals surface area contributed by atoms with E-state index in [1.165, 1.54) is 16.7 Å². The largest absolute Gasteiger partial charge is 0.330 e. The third-order valence-electron chi connectivity index (χ3n) is 3.73. The Kier molecular flexibility index (Phi) is 4.78. The molecule has 0 spiro atoms. The number of rotatable bonds is 5. The van der Waals surface area contributed by atoms with Gasteiger partial charge in [0.05, 0.1) is 0 Å². The van der Waals surface area contributed by atoms with Gasteiger partial charge in [0, 0.05) is 18.7 Å². The molecule has 2 heteroatoms. The smallest absolute Gasteiger partial charge is 0.250 e. The molecular formula is C18H23NO. The van der Waals surface area contributed by atoms with Crippen molar-refractivity contribution in [3.05, 3.63) is 58.7 Å². The minimum absolute atomic E-state index is 0.171. The molecule has 1 aromatic carbocycles. The Morgan fingerprint density at radius 3 is 2.65 bits per heavy atom. The highest BCUT2D eigenvalue weighted by molar-refractivity contribution is 5.97. The molecule has 2 nitrogen and oxygen atoms in total. The lowest BCUT2D eigenvalue weighted by Gasteiger charge is -2.16. The van der Waals surface area contributed by atoms with Gasteiger partial charge in [-0.05, 0) is 31.4 Å². The summed E-state index contributed by atoms with van der Waals surface area (Å²) in [6, 6.07) is 10.2. The van der Waals surface area contributed by atoms with E-state index in [1.54, 1.807) is 0 Å². The Labute approximate surface area is 121 Å². The van der Waals surface area contributed by atoms with Gasteiger partial charge in [-0.3, -0.25) is 4.79 Å². The molecule has 0 atom stereocenters. The molecule has 1 heterocycles. The van der Waals surface area contributed by atoms with Crippen molar-refractivity contribution in [2.45, 2.75) is 40.2 Å². The second-order valence-electron chi connectivity index (χ2n) is 5.54. The summed E-state index contributed by atoms with van der Waals surface area (Å²) in [7, 11) is 0. The van der Waals surface area contributed by atoms with E-state index < -0.39 is 0 Å². The van der Waals surface area contributed by atoms with Gasteiger partial charge in [-0.2, -0.15) is 0 Å². The minimum atomic E-state index is 0.171. The van der Waals surface area contributed by atoms with Gasteiger partial charge in [0.2, 0.25) is 5.91 Å². The van der Waals surface area contributed by atoms with Crippen LogP contribution in [-0.4, -0.2) is 17.4 Å². The first-order chi connectivity index (χ1) is 9.61. The number of amides is 1. The normalized spacial score (nSPS) is 16.2. The molecule has 0 fully saturated rings. The summed E-state index contributed by atoms with van der Waals surface area (Å²) in [4.78, 5) is 14.2. The number of hydrogen-bond acceptors (Lipinski definition) is 1. The second kappa shape index (κ2) is 6.56. The van der Waals surface area contributed by atoms with Crippen molar-refractivity contribution in [3.63, 3.8) is 0 Å². The van der Waals surface area contributed by atoms with Crippen LogP contribution in [0.3, 0.4) is 0 Å². The number of allylic oxidation sites excluding steroid dienone is 1. The fourth-order valence-corrected chi connectivity index (χ4v) is 2.62. The Hall–Kier alpha value is -1.83. The van der Waals surface area contributed by atoms with Gasteiger partial charge in [0.25, 0.3) is 0 Å². The van der Waals surface area contributed by atoms with Crippen LogP contribution in [0.5, 0.6) is 0 Å². The predicted molar refractivity (Wildman–Crippen MR) is 83.2 cm³/mol. The van der Waals surface area contributed by atoms with Gasteiger partial charge in [-0.25, -0.2) is 0 Å². The lowest BCUT2D eigenvalue weighted by atomic mass is 10.1. The number of benzene rings is 1. The molecule has 0 aromatic heterocycles. The Morgan fingerprint density at radius 1 is 1.30 bits per heavy atom. The molecule has 0 N–H and O–H groups in total. The molecule has 1 aromatic rings. The summed E-state index contributed by atoms with van der Waals surface area (Å²) >= 11 is 0. The van der Waals surface area contributed by atoms with Crippen molar-refractivity contribution >= 4 is 5.91 Å². The second-order valence-corrected chi connectivity index (χ2v) is 5.54. The van der Waals surface area contributed by atoms with Crippen LogP contribution in [0.1, 0.15) is 39.2 Å². The van der Waals surface area contributed by atoms with Crippen LogP contribution < -0.4 is 0 Å². The monoisotopic (exact) mass is 269 g/mol. The average molecular weight is 269 g/mol. The third kappa shape index (κ3) is 3.38. The van der Waals surface area contributed by atoms with E-state index in [-0.39, 0.29) is 5.91 Å². The summed E-state index contributed by atoms with van der Waals surface area (Å²) in [5, 5.41) is 0. The molecule has 0 radical (unpaired) electrons. The zero-order chi connectivity index (χ0) is 14.5. The molecular weight excluding hydrogens is 246 g/mol. The zero-order valence-corrected chi connectivity index (χ0v) is 12.6. The Bertz CT molecular complexity index is 540. The van der Waals surface area contributed by atoms with Gasteiger partial charge >= 0.3 is 0 Å². The molecule has 1 aliphatic heterocycles. The molecule has 0 unspecified atom stereocenters. The average Bonchev–Trinajstić information content (AvgIpc) is 2.69. The number of hydrogen-bond donors (Lipinski definition) is 0.